The van der Waals surface area contributed by atoms with E-state index >= 15 is 0 Å². The van der Waals surface area contributed by atoms with Crippen LogP contribution >= 0.6 is 12.2 Å². The van der Waals surface area contributed by atoms with Gasteiger partial charge in [-0.25, -0.2) is 9.48 Å². The summed E-state index contributed by atoms with van der Waals surface area (Å²) >= 11 is 5.60. The number of amides is 7. The number of anilines is 1. The van der Waals surface area contributed by atoms with Gasteiger partial charge < -0.3 is 80.5 Å². The second kappa shape index (κ2) is 31.6. The molecule has 27 nitrogen and oxygen atoms in total. The first-order valence-corrected chi connectivity index (χ1v) is 32.3. The van der Waals surface area contributed by atoms with Gasteiger partial charge in [-0.05, 0) is 92.9 Å². The normalized spacial score (nSPS) is 23.3. The van der Waals surface area contributed by atoms with Crippen LogP contribution in [0.25, 0.3) is 0 Å². The zero-order valence-corrected chi connectivity index (χ0v) is 56.9. The molecule has 1 fully saturated rings. The van der Waals surface area contributed by atoms with E-state index in [0.29, 0.717) is 28.7 Å². The maximum Gasteiger partial charge on any atom is 0.340 e. The van der Waals surface area contributed by atoms with Crippen molar-refractivity contribution >= 4 is 70.3 Å². The summed E-state index contributed by atoms with van der Waals surface area (Å²) in [6.07, 6.45) is 0.574. The molecular formula is C66H92N12O15S. The van der Waals surface area contributed by atoms with Gasteiger partial charge in [0, 0.05) is 64.5 Å². The van der Waals surface area contributed by atoms with Gasteiger partial charge in [0.1, 0.15) is 65.2 Å². The smallest absolute Gasteiger partial charge is 0.340 e. The highest BCUT2D eigenvalue weighted by Gasteiger charge is 2.54. The SMILES string of the molecule is CC[C@H](C)[C@H]1NC(=O)[C@@H]([C@H](O)C(C)C)NC(=O)[C@@H](Cc2cn(CCOCCOCCNC(=S)Nc3c(O)ccc4c3Oc3cc(O)ccc3C43OC(=O)c4ccccc43)nn2)N(C)C(=O)[C@H](C)N(C)C(=O)[C@H](CC(C)C)NC(=O)[C@H](CC(C)C)N(C)C(=O)[C@H](C)N(C)C1=O. The molecule has 1 saturated heterocycles. The Hall–Kier alpha value is -8.47. The number of carbonyl (C=O) groups is 8. The molecule has 1 unspecified atom stereocenters. The molecule has 3 aliphatic heterocycles. The molecule has 4 heterocycles. The average molecular weight is 1330 g/mol. The first-order valence-electron chi connectivity index (χ1n) is 31.9. The van der Waals surface area contributed by atoms with E-state index in [1.54, 1.807) is 63.4 Å². The van der Waals surface area contributed by atoms with Crippen molar-refractivity contribution in [1.29, 1.82) is 0 Å². The number of ether oxygens (including phenoxy) is 4. The van der Waals surface area contributed by atoms with Crippen LogP contribution in [-0.2, 0) is 66.3 Å². The number of esters is 1. The Balaban J connectivity index is 1.01. The van der Waals surface area contributed by atoms with Gasteiger partial charge >= 0.3 is 5.97 Å². The molecule has 0 radical (unpaired) electrons. The predicted octanol–water partition coefficient (Wildman–Crippen LogP) is 3.79. The van der Waals surface area contributed by atoms with E-state index in [4.69, 9.17) is 31.2 Å². The fourth-order valence-corrected chi connectivity index (χ4v) is 11.8. The van der Waals surface area contributed by atoms with Crippen LogP contribution < -0.4 is 31.3 Å². The predicted molar refractivity (Wildman–Crippen MR) is 350 cm³/mol. The number of aromatic nitrogens is 3. The topological polar surface area (TPSA) is 338 Å². The van der Waals surface area contributed by atoms with E-state index in [1.165, 1.54) is 79.6 Å². The Morgan fingerprint density at radius 2 is 1.31 bits per heavy atom. The van der Waals surface area contributed by atoms with Crippen molar-refractivity contribution in [3.8, 4) is 23.0 Å². The van der Waals surface area contributed by atoms with Gasteiger partial charge in [-0.1, -0.05) is 85.2 Å². The van der Waals surface area contributed by atoms with Crippen LogP contribution in [0.5, 0.6) is 23.0 Å². The summed E-state index contributed by atoms with van der Waals surface area (Å²) in [7, 11) is 5.67. The van der Waals surface area contributed by atoms with Crippen LogP contribution in [0.1, 0.15) is 121 Å². The molecule has 10 atom stereocenters. The number of benzene rings is 3. The monoisotopic (exact) mass is 1320 g/mol. The number of phenols is 2. The molecule has 3 aromatic carbocycles. The number of aliphatic hydroxyl groups excluding tert-OH is 1. The number of fused-ring (bicyclic) bond motifs is 6. The fraction of sp³-hybridized carbons (Fsp3) is 0.561. The molecule has 28 heteroatoms. The lowest BCUT2D eigenvalue weighted by molar-refractivity contribution is -0.150. The number of hydrogen-bond acceptors (Lipinski definition) is 18. The third-order valence-corrected chi connectivity index (χ3v) is 17.9. The maximum atomic E-state index is 14.9. The van der Waals surface area contributed by atoms with Gasteiger partial charge in [-0.15, -0.1) is 5.10 Å². The molecule has 0 saturated carbocycles. The quantitative estimate of drug-likeness (QED) is 0.0270. The molecular weight excluding hydrogens is 1230 g/mol. The molecule has 4 aromatic rings. The largest absolute Gasteiger partial charge is 0.508 e. The number of nitrogens with zero attached hydrogens (tertiary/aromatic N) is 7. The molecule has 1 aromatic heterocycles. The van der Waals surface area contributed by atoms with Crippen molar-refractivity contribution in [3.05, 3.63) is 88.7 Å². The van der Waals surface area contributed by atoms with Crippen molar-refractivity contribution in [2.75, 3.05) is 66.5 Å². The Bertz CT molecular complexity index is 3440. The van der Waals surface area contributed by atoms with Crippen LogP contribution in [0.3, 0.4) is 0 Å². The summed E-state index contributed by atoms with van der Waals surface area (Å²) in [6.45, 7) is 18.6. The van der Waals surface area contributed by atoms with E-state index in [9.17, 15) is 53.7 Å². The lowest BCUT2D eigenvalue weighted by Crippen LogP contribution is -2.63. The molecule has 512 valence electrons. The second-order valence-electron chi connectivity index (χ2n) is 25.6. The van der Waals surface area contributed by atoms with Crippen molar-refractivity contribution < 1.29 is 72.6 Å². The lowest BCUT2D eigenvalue weighted by Gasteiger charge is -2.37. The summed E-state index contributed by atoms with van der Waals surface area (Å²) in [5, 5.41) is 56.3. The van der Waals surface area contributed by atoms with Crippen molar-refractivity contribution in [2.24, 2.45) is 23.7 Å². The van der Waals surface area contributed by atoms with E-state index in [2.05, 4.69) is 36.9 Å². The molecule has 8 N–H and O–H groups in total. The van der Waals surface area contributed by atoms with Crippen LogP contribution in [0, 0.1) is 23.7 Å². The highest BCUT2D eigenvalue weighted by molar-refractivity contribution is 7.80. The van der Waals surface area contributed by atoms with Crippen LogP contribution in [0.15, 0.2) is 60.8 Å². The summed E-state index contributed by atoms with van der Waals surface area (Å²) in [6, 6.07) is 5.62. The average Bonchev–Trinajstić information content (AvgIpc) is 1.44. The minimum absolute atomic E-state index is 0.0881. The zero-order chi connectivity index (χ0) is 69.2. The Morgan fingerprint density at radius 1 is 0.702 bits per heavy atom. The summed E-state index contributed by atoms with van der Waals surface area (Å²) in [5.41, 5.74) is 0.725. The minimum Gasteiger partial charge on any atom is -0.508 e. The lowest BCUT2D eigenvalue weighted by atomic mass is 9.77. The molecule has 0 bridgehead atoms. The number of hydrogen-bond donors (Lipinski definition) is 8. The van der Waals surface area contributed by atoms with Crippen molar-refractivity contribution in [3.63, 3.8) is 0 Å². The van der Waals surface area contributed by atoms with Gasteiger partial charge in [0.2, 0.25) is 41.4 Å². The third-order valence-electron chi connectivity index (χ3n) is 17.6. The number of carbonyl (C=O) groups excluding carboxylic acids is 8. The molecule has 7 rings (SSSR count). The molecule has 1 spiro atoms. The van der Waals surface area contributed by atoms with E-state index < -0.39 is 113 Å². The maximum absolute atomic E-state index is 14.9. The van der Waals surface area contributed by atoms with Gasteiger partial charge in [0.25, 0.3) is 0 Å². The molecule has 0 aliphatic carbocycles. The first kappa shape index (κ1) is 72.9. The van der Waals surface area contributed by atoms with Crippen LogP contribution in [0.4, 0.5) is 5.69 Å². The van der Waals surface area contributed by atoms with Gasteiger partial charge in [0.05, 0.1) is 55.9 Å². The number of thiocarbonyl (C=S) groups is 1. The van der Waals surface area contributed by atoms with E-state index in [-0.39, 0.29) is 110 Å². The first-order chi connectivity index (χ1) is 44.4. The van der Waals surface area contributed by atoms with Crippen molar-refractivity contribution in [2.45, 2.75) is 155 Å². The van der Waals surface area contributed by atoms with Crippen molar-refractivity contribution in [1.82, 2.24) is 55.9 Å². The zero-order valence-electron chi connectivity index (χ0n) is 56.1. The standard InChI is InChI=1S/C66H92N12O15S/c1-15-38(8)52-63(88)75(12)40(10)61(86)76(13)48(31-36(4)5)57(82)68-47(30-35(2)3)62(87)74(11)39(9)60(85)77(14)49(58(83)70-54(59(84)69-52)55(81)37(6)7)32-41-34-78(73-72-41)25-27-91-29-28-90-26-24-67-65(94)71-53-50(80)23-22-46-56(53)92-51-33-42(79)20-21-45(51)66(46)44-19-17-16-18-43(44)64(89)93-66/h16-23,33-40,47-49,52,54-55,79-81H,15,24-32H2,1-14H3,(H,68,82)(H,69,84)(H,70,83)(H2,67,71,94)/t38-,39-,40-,47-,48-,49+,52+,54+,55+,66?/m0/s1. The van der Waals surface area contributed by atoms with E-state index in [1.807, 2.05) is 34.6 Å². The molecule has 3 aliphatic rings. The number of nitrogens with one attached hydrogen (secondary N) is 5. The summed E-state index contributed by atoms with van der Waals surface area (Å²) in [5.74, 6) is -6.73. The molecule has 7 amide bonds. The minimum atomic E-state index is -1.66. The van der Waals surface area contributed by atoms with Gasteiger partial charge in [-0.3, -0.25) is 33.6 Å². The van der Waals surface area contributed by atoms with Crippen LogP contribution in [-0.4, -0.2) is 212 Å². The Kier molecular flexibility index (Phi) is 24.6. The second-order valence-corrected chi connectivity index (χ2v) is 26.0. The fourth-order valence-electron chi connectivity index (χ4n) is 11.6. The Morgan fingerprint density at radius 3 is 1.96 bits per heavy atom. The third kappa shape index (κ3) is 16.4. The summed E-state index contributed by atoms with van der Waals surface area (Å²) in [4.78, 5) is 120. The highest BCUT2D eigenvalue weighted by atomic mass is 32.1. The number of phenolic OH excluding ortho intramolecular Hbond substituents is 2. The van der Waals surface area contributed by atoms with Gasteiger partial charge in [0.15, 0.2) is 16.5 Å². The number of aromatic hydroxyl groups is 2. The van der Waals surface area contributed by atoms with Gasteiger partial charge in [-0.2, -0.15) is 0 Å². The van der Waals surface area contributed by atoms with E-state index in [0.717, 1.165) is 4.90 Å². The number of aliphatic hydroxyl groups is 1. The van der Waals surface area contributed by atoms with Crippen LogP contribution in [0.2, 0.25) is 0 Å². The highest BCUT2D eigenvalue weighted by Crippen LogP contribution is 2.59. The summed E-state index contributed by atoms with van der Waals surface area (Å²) < 4.78 is 25.6. The number of likely N-dealkylation sites (N-methyl/N-ethyl adjacent to an activating group) is 4. The number of rotatable bonds is 20. The molecule has 94 heavy (non-hydrogen) atoms. The Labute approximate surface area is 553 Å².